The van der Waals surface area contributed by atoms with Gasteiger partial charge in [0.25, 0.3) is 0 Å². The third-order valence-corrected chi connectivity index (χ3v) is 3.19. The number of ketones is 1. The van der Waals surface area contributed by atoms with E-state index in [2.05, 4.69) is 17.9 Å². The molecule has 1 aromatic carbocycles. The molecule has 0 radical (unpaired) electrons. The summed E-state index contributed by atoms with van der Waals surface area (Å²) in [5.41, 5.74) is 3.33. The predicted octanol–water partition coefficient (Wildman–Crippen LogP) is 2.83. The van der Waals surface area contributed by atoms with Gasteiger partial charge in [-0.2, -0.15) is 0 Å². The van der Waals surface area contributed by atoms with E-state index in [0.29, 0.717) is 18.1 Å². The van der Waals surface area contributed by atoms with Crippen molar-refractivity contribution < 1.29 is 4.79 Å². The molecule has 0 fully saturated rings. The molecule has 1 aliphatic carbocycles. The topological polar surface area (TPSA) is 20.3 Å². The van der Waals surface area contributed by atoms with Crippen LogP contribution in [0.3, 0.4) is 0 Å². The fraction of sp³-hybridized carbons (Fsp3) is 0.462. The zero-order valence-electron chi connectivity index (χ0n) is 9.58. The van der Waals surface area contributed by atoms with Gasteiger partial charge in [0, 0.05) is 31.8 Å². The largest absolute Gasteiger partial charge is 0.378 e. The first-order valence-corrected chi connectivity index (χ1v) is 5.44. The van der Waals surface area contributed by atoms with Crippen molar-refractivity contribution in [1.29, 1.82) is 0 Å². The minimum atomic E-state index is 0.299. The summed E-state index contributed by atoms with van der Waals surface area (Å²) in [7, 11) is 4.05. The van der Waals surface area contributed by atoms with Crippen molar-refractivity contribution in [1.82, 2.24) is 0 Å². The van der Waals surface area contributed by atoms with E-state index in [9.17, 15) is 4.79 Å². The summed E-state index contributed by atoms with van der Waals surface area (Å²) in [6.07, 6.45) is 1.69. The maximum Gasteiger partial charge on any atom is 0.163 e. The number of anilines is 1. The Morgan fingerprint density at radius 1 is 1.33 bits per heavy atom. The maximum absolute atomic E-state index is 11.7. The Labute approximate surface area is 90.9 Å². The third-order valence-electron chi connectivity index (χ3n) is 3.19. The lowest BCUT2D eigenvalue weighted by molar-refractivity contribution is 0.0968. The van der Waals surface area contributed by atoms with Crippen LogP contribution in [0.25, 0.3) is 0 Å². The number of hydrogen-bond donors (Lipinski definition) is 0. The van der Waals surface area contributed by atoms with Crippen molar-refractivity contribution in [2.45, 2.75) is 25.7 Å². The molecule has 0 heterocycles. The number of rotatable bonds is 1. The molecule has 2 rings (SSSR count). The number of nitrogens with zero attached hydrogens (tertiary/aromatic N) is 1. The molecule has 0 aliphatic heterocycles. The van der Waals surface area contributed by atoms with Crippen LogP contribution in [0, 0.1) is 0 Å². The van der Waals surface area contributed by atoms with Gasteiger partial charge in [0.2, 0.25) is 0 Å². The number of benzene rings is 1. The van der Waals surface area contributed by atoms with Gasteiger partial charge in [-0.1, -0.05) is 6.92 Å². The molecule has 2 heteroatoms. The lowest BCUT2D eigenvalue weighted by atomic mass is 9.83. The molecule has 1 unspecified atom stereocenters. The van der Waals surface area contributed by atoms with Crippen molar-refractivity contribution in [2.75, 3.05) is 19.0 Å². The molecule has 0 aromatic heterocycles. The molecule has 2 nitrogen and oxygen atoms in total. The first kappa shape index (κ1) is 10.2. The second-order valence-electron chi connectivity index (χ2n) is 4.53. The van der Waals surface area contributed by atoms with Gasteiger partial charge in [-0.05, 0) is 36.1 Å². The lowest BCUT2D eigenvalue weighted by Crippen LogP contribution is -2.16. The maximum atomic E-state index is 11.7. The summed E-state index contributed by atoms with van der Waals surface area (Å²) in [4.78, 5) is 13.8. The number of carbonyl (C=O) groups excluding carboxylic acids is 1. The summed E-state index contributed by atoms with van der Waals surface area (Å²) in [5, 5.41) is 0. The second-order valence-corrected chi connectivity index (χ2v) is 4.53. The first-order chi connectivity index (χ1) is 7.09. The highest BCUT2D eigenvalue weighted by Gasteiger charge is 2.22. The molecule has 1 atom stereocenters. The Morgan fingerprint density at radius 3 is 2.73 bits per heavy atom. The summed E-state index contributed by atoms with van der Waals surface area (Å²) < 4.78 is 0. The van der Waals surface area contributed by atoms with Crippen molar-refractivity contribution in [3.05, 3.63) is 29.3 Å². The van der Waals surface area contributed by atoms with Crippen molar-refractivity contribution in [2.24, 2.45) is 0 Å². The molecule has 0 spiro atoms. The number of carbonyl (C=O) groups is 1. The highest BCUT2D eigenvalue weighted by molar-refractivity contribution is 5.99. The molecular formula is C13H17NO. The predicted molar refractivity (Wildman–Crippen MR) is 62.7 cm³/mol. The zero-order chi connectivity index (χ0) is 11.0. The molecule has 0 amide bonds. The third kappa shape index (κ3) is 1.76. The van der Waals surface area contributed by atoms with Crippen molar-refractivity contribution >= 4 is 11.5 Å². The van der Waals surface area contributed by atoms with Crippen LogP contribution >= 0.6 is 0 Å². The highest BCUT2D eigenvalue weighted by Crippen LogP contribution is 2.33. The Hall–Kier alpha value is -1.31. The first-order valence-electron chi connectivity index (χ1n) is 5.44. The van der Waals surface area contributed by atoms with Crippen LogP contribution in [-0.2, 0) is 0 Å². The fourth-order valence-corrected chi connectivity index (χ4v) is 2.13. The van der Waals surface area contributed by atoms with E-state index in [0.717, 1.165) is 12.0 Å². The van der Waals surface area contributed by atoms with E-state index < -0.39 is 0 Å². The van der Waals surface area contributed by atoms with E-state index in [4.69, 9.17) is 0 Å². The van der Waals surface area contributed by atoms with Gasteiger partial charge in [-0.3, -0.25) is 4.79 Å². The molecular weight excluding hydrogens is 186 g/mol. The second kappa shape index (κ2) is 3.69. The van der Waals surface area contributed by atoms with Gasteiger partial charge in [-0.25, -0.2) is 0 Å². The molecule has 1 aromatic rings. The van der Waals surface area contributed by atoms with Crippen LogP contribution in [0.15, 0.2) is 18.2 Å². The van der Waals surface area contributed by atoms with Crippen LogP contribution in [0.5, 0.6) is 0 Å². The van der Waals surface area contributed by atoms with E-state index in [1.165, 1.54) is 11.3 Å². The number of Topliss-reactive ketones (excluding diaryl/α,β-unsaturated/α-hetero) is 1. The van der Waals surface area contributed by atoms with E-state index in [1.54, 1.807) is 0 Å². The number of hydrogen-bond acceptors (Lipinski definition) is 2. The standard InChI is InChI=1S/C13H17NO/c1-9-4-7-13(15)11-6-5-10(14(2)3)8-12(9)11/h5-6,8-9H,4,7H2,1-3H3. The molecule has 0 saturated carbocycles. The van der Waals surface area contributed by atoms with Crippen LogP contribution in [-0.4, -0.2) is 19.9 Å². The summed E-state index contributed by atoms with van der Waals surface area (Å²) in [6.45, 7) is 2.20. The van der Waals surface area contributed by atoms with Crippen LogP contribution in [0.4, 0.5) is 5.69 Å². The van der Waals surface area contributed by atoms with Gasteiger partial charge in [0.1, 0.15) is 0 Å². The van der Waals surface area contributed by atoms with E-state index in [1.807, 2.05) is 26.2 Å². The minimum Gasteiger partial charge on any atom is -0.378 e. The smallest absolute Gasteiger partial charge is 0.163 e. The SMILES string of the molecule is CC1CCC(=O)c2ccc(N(C)C)cc21. The molecule has 0 N–H and O–H groups in total. The number of fused-ring (bicyclic) bond motifs is 1. The zero-order valence-corrected chi connectivity index (χ0v) is 9.58. The average Bonchev–Trinajstić information content (AvgIpc) is 2.23. The molecule has 1 aliphatic rings. The lowest BCUT2D eigenvalue weighted by Gasteiger charge is -2.23. The highest BCUT2D eigenvalue weighted by atomic mass is 16.1. The van der Waals surface area contributed by atoms with Gasteiger partial charge in [0.05, 0.1) is 0 Å². The van der Waals surface area contributed by atoms with Crippen molar-refractivity contribution in [3.63, 3.8) is 0 Å². The summed E-state index contributed by atoms with van der Waals surface area (Å²) in [6, 6.07) is 6.15. The van der Waals surface area contributed by atoms with Gasteiger partial charge >= 0.3 is 0 Å². The quantitative estimate of drug-likeness (QED) is 0.699. The summed E-state index contributed by atoms with van der Waals surface area (Å²) in [5.74, 6) is 0.811. The Bertz CT molecular complexity index is 396. The molecule has 0 saturated heterocycles. The minimum absolute atomic E-state index is 0.299. The molecule has 15 heavy (non-hydrogen) atoms. The summed E-state index contributed by atoms with van der Waals surface area (Å²) >= 11 is 0. The fourth-order valence-electron chi connectivity index (χ4n) is 2.13. The van der Waals surface area contributed by atoms with Crippen LogP contribution < -0.4 is 4.90 Å². The normalized spacial score (nSPS) is 19.9. The monoisotopic (exact) mass is 203 g/mol. The van der Waals surface area contributed by atoms with Crippen LogP contribution in [0.1, 0.15) is 41.6 Å². The van der Waals surface area contributed by atoms with Crippen LogP contribution in [0.2, 0.25) is 0 Å². The average molecular weight is 203 g/mol. The molecule has 0 bridgehead atoms. The van der Waals surface area contributed by atoms with E-state index >= 15 is 0 Å². The van der Waals surface area contributed by atoms with Crippen molar-refractivity contribution in [3.8, 4) is 0 Å². The van der Waals surface area contributed by atoms with Gasteiger partial charge < -0.3 is 4.90 Å². The Balaban J connectivity index is 2.50. The Morgan fingerprint density at radius 2 is 2.07 bits per heavy atom. The van der Waals surface area contributed by atoms with Gasteiger partial charge in [0.15, 0.2) is 5.78 Å². The van der Waals surface area contributed by atoms with E-state index in [-0.39, 0.29) is 0 Å². The van der Waals surface area contributed by atoms with Gasteiger partial charge in [-0.15, -0.1) is 0 Å². The Kier molecular flexibility index (Phi) is 2.51. The molecule has 80 valence electrons.